The van der Waals surface area contributed by atoms with Crippen LogP contribution in [0.25, 0.3) is 72.2 Å². The Morgan fingerprint density at radius 2 is 0.822 bits per heavy atom. The second-order valence-electron chi connectivity index (χ2n) is 18.2. The number of aromatic nitrogens is 2. The van der Waals surface area contributed by atoms with E-state index in [1.54, 1.807) is 0 Å². The minimum atomic E-state index is -0.938. The maximum atomic E-state index is 9.96. The van der Waals surface area contributed by atoms with Gasteiger partial charge in [0.15, 0.2) is 16.9 Å². The van der Waals surface area contributed by atoms with Gasteiger partial charge < -0.3 is 18.6 Å². The summed E-state index contributed by atoms with van der Waals surface area (Å²) in [6.45, 7) is 7.83. The van der Waals surface area contributed by atoms with E-state index in [2.05, 4.69) is 106 Å². The summed E-state index contributed by atoms with van der Waals surface area (Å²) < 4.78 is 14.7. The molecular formula is C65H38N6O2. The second kappa shape index (κ2) is 16.4. The molecule has 2 aliphatic rings. The van der Waals surface area contributed by atoms with Crippen molar-refractivity contribution in [2.75, 3.05) is 9.80 Å². The molecule has 0 saturated heterocycles. The Bertz CT molecular complexity index is 3940. The van der Waals surface area contributed by atoms with Crippen molar-refractivity contribution in [3.8, 4) is 51.2 Å². The summed E-state index contributed by atoms with van der Waals surface area (Å²) in [5.74, 6) is 0.948. The highest BCUT2D eigenvalue weighted by Crippen LogP contribution is 2.67. The van der Waals surface area contributed by atoms with Crippen LogP contribution in [-0.2, 0) is 5.41 Å². The van der Waals surface area contributed by atoms with E-state index in [1.165, 1.54) is 0 Å². The largest absolute Gasteiger partial charge is 0.435 e. The molecule has 0 N–H and O–H groups in total. The van der Waals surface area contributed by atoms with Crippen molar-refractivity contribution in [1.82, 2.24) is 9.97 Å². The third-order valence-corrected chi connectivity index (χ3v) is 14.3. The first-order valence-corrected chi connectivity index (χ1v) is 24.1. The monoisotopic (exact) mass is 934 g/mol. The van der Waals surface area contributed by atoms with Gasteiger partial charge in [0, 0.05) is 45.0 Å². The molecule has 0 amide bonds. The van der Waals surface area contributed by atoms with Crippen LogP contribution >= 0.6 is 0 Å². The lowest BCUT2D eigenvalue weighted by atomic mass is 9.70. The van der Waals surface area contributed by atoms with Gasteiger partial charge in [-0.3, -0.25) is 0 Å². The summed E-state index contributed by atoms with van der Waals surface area (Å²) in [4.78, 5) is 19.2. The van der Waals surface area contributed by atoms with Gasteiger partial charge in [0.05, 0.1) is 35.0 Å². The number of nitriles is 1. The summed E-state index contributed by atoms with van der Waals surface area (Å²) in [5, 5.41) is 9.96. The van der Waals surface area contributed by atoms with Crippen LogP contribution in [0.1, 0.15) is 27.8 Å². The molecule has 0 saturated carbocycles. The first-order chi connectivity index (χ1) is 36.1. The van der Waals surface area contributed by atoms with Crippen LogP contribution in [0.15, 0.2) is 239 Å². The Labute approximate surface area is 420 Å². The molecule has 0 bridgehead atoms. The van der Waals surface area contributed by atoms with Crippen LogP contribution in [-0.4, -0.2) is 9.97 Å². The third-order valence-electron chi connectivity index (χ3n) is 14.3. The summed E-state index contributed by atoms with van der Waals surface area (Å²) in [6, 6.07) is 80.5. The SMILES string of the molecule is [C-]#[N+]c1ccc(N(c2ccccc2)c2cc3c(c4oc(-c5ccccc5)nc24)-c2c(cc(N(c4ccccc4)c4ccc(C#N)cc4)c4nc(-c5ccccc5)oc24)C32c3ccccc3-c3ccccc32)cc1. The lowest BCUT2D eigenvalue weighted by molar-refractivity contribution is 0.616. The molecule has 2 heterocycles. The summed E-state index contributed by atoms with van der Waals surface area (Å²) in [7, 11) is 0. The quantitative estimate of drug-likeness (QED) is 0.140. The van der Waals surface area contributed by atoms with Gasteiger partial charge in [-0.2, -0.15) is 5.26 Å². The molecule has 0 atom stereocenters. The number of rotatable bonds is 8. The van der Waals surface area contributed by atoms with Crippen molar-refractivity contribution in [2.24, 2.45) is 0 Å². The van der Waals surface area contributed by atoms with Crippen molar-refractivity contribution < 1.29 is 8.83 Å². The van der Waals surface area contributed by atoms with Gasteiger partial charge in [-0.1, -0.05) is 133 Å². The smallest absolute Gasteiger partial charge is 0.227 e. The van der Waals surface area contributed by atoms with E-state index in [-0.39, 0.29) is 0 Å². The van der Waals surface area contributed by atoms with E-state index in [4.69, 9.17) is 25.4 Å². The number of nitrogens with zero attached hydrogens (tertiary/aromatic N) is 6. The van der Waals surface area contributed by atoms with E-state index in [9.17, 15) is 5.26 Å². The van der Waals surface area contributed by atoms with Gasteiger partial charge >= 0.3 is 0 Å². The molecule has 0 unspecified atom stereocenters. The first kappa shape index (κ1) is 41.7. The first-order valence-electron chi connectivity index (χ1n) is 24.1. The van der Waals surface area contributed by atoms with Crippen LogP contribution in [0.2, 0.25) is 0 Å². The molecular weight excluding hydrogens is 897 g/mol. The van der Waals surface area contributed by atoms with Crippen LogP contribution in [0.5, 0.6) is 0 Å². The Balaban J connectivity index is 1.19. The molecule has 14 rings (SSSR count). The van der Waals surface area contributed by atoms with Crippen molar-refractivity contribution in [2.45, 2.75) is 5.41 Å². The number of fused-ring (bicyclic) bond motifs is 14. The fraction of sp³-hybridized carbons (Fsp3) is 0.0154. The molecule has 2 aromatic heterocycles. The van der Waals surface area contributed by atoms with E-state index >= 15 is 0 Å². The van der Waals surface area contributed by atoms with Crippen LogP contribution < -0.4 is 9.80 Å². The number of hydrogen-bond acceptors (Lipinski definition) is 7. The molecule has 73 heavy (non-hydrogen) atoms. The lowest BCUT2D eigenvalue weighted by Crippen LogP contribution is -2.26. The van der Waals surface area contributed by atoms with Crippen molar-refractivity contribution in [3.05, 3.63) is 270 Å². The number of para-hydroxylation sites is 2. The molecule has 10 aromatic carbocycles. The van der Waals surface area contributed by atoms with Crippen molar-refractivity contribution >= 4 is 62.0 Å². The molecule has 0 aliphatic heterocycles. The summed E-state index contributed by atoms with van der Waals surface area (Å²) >= 11 is 0. The van der Waals surface area contributed by atoms with E-state index in [0.29, 0.717) is 45.2 Å². The second-order valence-corrected chi connectivity index (χ2v) is 18.2. The minimum Gasteiger partial charge on any atom is -0.435 e. The Hall–Kier alpha value is -10.3. The van der Waals surface area contributed by atoms with Crippen molar-refractivity contribution in [3.63, 3.8) is 0 Å². The highest BCUT2D eigenvalue weighted by molar-refractivity contribution is 6.16. The van der Waals surface area contributed by atoms with Gasteiger partial charge in [-0.25, -0.2) is 14.8 Å². The van der Waals surface area contributed by atoms with Crippen LogP contribution in [0.3, 0.4) is 0 Å². The fourth-order valence-electron chi connectivity index (χ4n) is 11.3. The maximum absolute atomic E-state index is 9.96. The predicted octanol–water partition coefficient (Wildman–Crippen LogP) is 17.0. The average molecular weight is 935 g/mol. The van der Waals surface area contributed by atoms with E-state index in [0.717, 1.165) is 89.8 Å². The van der Waals surface area contributed by atoms with E-state index in [1.807, 2.05) is 146 Å². The number of hydrogen-bond donors (Lipinski definition) is 0. The number of oxazole rings is 2. The Kier molecular flexibility index (Phi) is 9.37. The van der Waals surface area contributed by atoms with Gasteiger partial charge in [-0.15, -0.1) is 0 Å². The lowest BCUT2D eigenvalue weighted by Gasteiger charge is -2.33. The van der Waals surface area contributed by atoms with Crippen LogP contribution in [0.4, 0.5) is 39.8 Å². The van der Waals surface area contributed by atoms with Crippen molar-refractivity contribution in [1.29, 1.82) is 5.26 Å². The van der Waals surface area contributed by atoms with Gasteiger partial charge in [0.1, 0.15) is 11.0 Å². The topological polar surface area (TPSA) is 86.7 Å². The molecule has 12 aromatic rings. The number of anilines is 6. The zero-order valence-electron chi connectivity index (χ0n) is 38.9. The fourth-order valence-corrected chi connectivity index (χ4v) is 11.3. The zero-order valence-corrected chi connectivity index (χ0v) is 38.9. The molecule has 0 radical (unpaired) electrons. The van der Waals surface area contributed by atoms with Gasteiger partial charge in [0.2, 0.25) is 11.8 Å². The molecule has 8 nitrogen and oxygen atoms in total. The molecule has 1 spiro atoms. The Morgan fingerprint density at radius 3 is 1.25 bits per heavy atom. The van der Waals surface area contributed by atoms with Gasteiger partial charge in [0.25, 0.3) is 0 Å². The normalized spacial score (nSPS) is 12.5. The zero-order chi connectivity index (χ0) is 48.6. The maximum Gasteiger partial charge on any atom is 0.227 e. The summed E-state index contributed by atoms with van der Waals surface area (Å²) in [5.41, 5.74) is 17.7. The predicted molar refractivity (Wildman–Crippen MR) is 289 cm³/mol. The number of benzene rings is 10. The minimum absolute atomic E-state index is 0.473. The van der Waals surface area contributed by atoms with E-state index < -0.39 is 5.41 Å². The van der Waals surface area contributed by atoms with Crippen LogP contribution in [0, 0.1) is 17.9 Å². The summed E-state index contributed by atoms with van der Waals surface area (Å²) in [6.07, 6.45) is 0. The highest BCUT2D eigenvalue weighted by atomic mass is 16.4. The standard InChI is InChI=1S/C65H38N6O2/c1-67-44-32-36-48(37-33-44)71(46-24-12-5-13-25-46)56-39-54-58(62-60(56)69-64(73-62)43-20-8-3-9-21-43)57-53(65(54)51-28-16-14-26-49(51)50-27-15-17-29-52(50)65)38-55(59-61(57)72-63(68-59)42-18-6-2-7-19-42)70(45-22-10-4-11-23-45)47-34-30-41(40-66)31-35-47/h2-39H. The third kappa shape index (κ3) is 6.25. The highest BCUT2D eigenvalue weighted by Gasteiger charge is 2.55. The molecule has 340 valence electrons. The Morgan fingerprint density at radius 1 is 0.438 bits per heavy atom. The van der Waals surface area contributed by atoms with Gasteiger partial charge in [-0.05, 0) is 130 Å². The average Bonchev–Trinajstić information content (AvgIpc) is 4.25. The molecule has 8 heteroatoms. The molecule has 2 aliphatic carbocycles. The molecule has 0 fully saturated rings.